The van der Waals surface area contributed by atoms with Crippen molar-refractivity contribution in [3.05, 3.63) is 46.2 Å². The van der Waals surface area contributed by atoms with Crippen LogP contribution in [0.5, 0.6) is 0 Å². The highest BCUT2D eigenvalue weighted by Crippen LogP contribution is 2.24. The van der Waals surface area contributed by atoms with E-state index in [-0.39, 0.29) is 5.69 Å². The summed E-state index contributed by atoms with van der Waals surface area (Å²) in [6.45, 7) is 0.315. The van der Waals surface area contributed by atoms with Gasteiger partial charge in [0.2, 0.25) is 0 Å². The number of hydrogen-bond donors (Lipinski definition) is 1. The van der Waals surface area contributed by atoms with E-state index in [4.69, 9.17) is 0 Å². The Morgan fingerprint density at radius 3 is 3.11 bits per heavy atom. The average Bonchev–Trinajstić information content (AvgIpc) is 2.89. The number of anilines is 1. The minimum absolute atomic E-state index is 0.302. The standard InChI is InChI=1S/C12H11N5OS/c1-13-10-8-3-6-19-11(8)16-9(15-10)7-17-5-2-4-14-12(17)18/h2-6H,7H2,1H3,(H,13,15,16). The van der Waals surface area contributed by atoms with Gasteiger partial charge in [-0.3, -0.25) is 4.57 Å². The van der Waals surface area contributed by atoms with Crippen molar-refractivity contribution in [2.24, 2.45) is 0 Å². The average molecular weight is 273 g/mol. The van der Waals surface area contributed by atoms with Crippen LogP contribution in [0.3, 0.4) is 0 Å². The van der Waals surface area contributed by atoms with Gasteiger partial charge in [-0.25, -0.2) is 19.7 Å². The van der Waals surface area contributed by atoms with Gasteiger partial charge in [0, 0.05) is 19.4 Å². The number of hydrogen-bond acceptors (Lipinski definition) is 6. The van der Waals surface area contributed by atoms with Crippen LogP contribution in [0.4, 0.5) is 5.82 Å². The molecule has 3 heterocycles. The maximum atomic E-state index is 11.6. The first-order valence-corrected chi connectivity index (χ1v) is 6.59. The largest absolute Gasteiger partial charge is 0.372 e. The van der Waals surface area contributed by atoms with Gasteiger partial charge < -0.3 is 5.32 Å². The number of nitrogens with one attached hydrogen (secondary N) is 1. The number of thiophene rings is 1. The minimum Gasteiger partial charge on any atom is -0.372 e. The fourth-order valence-electron chi connectivity index (χ4n) is 1.82. The van der Waals surface area contributed by atoms with Crippen molar-refractivity contribution in [2.75, 3.05) is 12.4 Å². The van der Waals surface area contributed by atoms with Crippen molar-refractivity contribution < 1.29 is 0 Å². The van der Waals surface area contributed by atoms with Gasteiger partial charge in [0.15, 0.2) is 5.82 Å². The third-order valence-corrected chi connectivity index (χ3v) is 3.51. The minimum atomic E-state index is -0.302. The smallest absolute Gasteiger partial charge is 0.347 e. The van der Waals surface area contributed by atoms with Gasteiger partial charge in [-0.05, 0) is 17.5 Å². The van der Waals surface area contributed by atoms with E-state index in [1.54, 1.807) is 23.6 Å². The highest BCUT2D eigenvalue weighted by Gasteiger charge is 2.08. The summed E-state index contributed by atoms with van der Waals surface area (Å²) < 4.78 is 1.48. The Hall–Kier alpha value is -2.28. The lowest BCUT2D eigenvalue weighted by Crippen LogP contribution is -2.23. The van der Waals surface area contributed by atoms with Gasteiger partial charge in [0.1, 0.15) is 10.6 Å². The molecular weight excluding hydrogens is 262 g/mol. The van der Waals surface area contributed by atoms with Gasteiger partial charge >= 0.3 is 5.69 Å². The summed E-state index contributed by atoms with van der Waals surface area (Å²) in [6.07, 6.45) is 3.15. The van der Waals surface area contributed by atoms with Crippen LogP contribution >= 0.6 is 11.3 Å². The van der Waals surface area contributed by atoms with Gasteiger partial charge in [-0.1, -0.05) is 0 Å². The Morgan fingerprint density at radius 1 is 1.42 bits per heavy atom. The van der Waals surface area contributed by atoms with Crippen LogP contribution in [-0.4, -0.2) is 26.6 Å². The molecule has 96 valence electrons. The fraction of sp³-hybridized carbons (Fsp3) is 0.167. The molecule has 1 N–H and O–H groups in total. The van der Waals surface area contributed by atoms with Crippen molar-refractivity contribution in [1.82, 2.24) is 19.5 Å². The molecule has 3 aromatic heterocycles. The maximum absolute atomic E-state index is 11.6. The molecule has 0 atom stereocenters. The molecule has 0 aromatic carbocycles. The number of fused-ring (bicyclic) bond motifs is 1. The SMILES string of the molecule is CNc1nc(Cn2cccnc2=O)nc2sccc12. The molecule has 6 nitrogen and oxygen atoms in total. The summed E-state index contributed by atoms with van der Waals surface area (Å²) in [5.41, 5.74) is -0.302. The molecule has 0 bridgehead atoms. The van der Waals surface area contributed by atoms with E-state index >= 15 is 0 Å². The van der Waals surface area contributed by atoms with Gasteiger partial charge in [-0.2, -0.15) is 0 Å². The van der Waals surface area contributed by atoms with E-state index in [0.29, 0.717) is 12.4 Å². The Morgan fingerprint density at radius 2 is 2.32 bits per heavy atom. The van der Waals surface area contributed by atoms with E-state index in [9.17, 15) is 4.79 Å². The van der Waals surface area contributed by atoms with E-state index < -0.39 is 0 Å². The first kappa shape index (κ1) is 11.8. The summed E-state index contributed by atoms with van der Waals surface area (Å²) >= 11 is 1.55. The van der Waals surface area contributed by atoms with Crippen LogP contribution in [0.15, 0.2) is 34.7 Å². The predicted molar refractivity (Wildman–Crippen MR) is 74.6 cm³/mol. The third kappa shape index (κ3) is 2.19. The van der Waals surface area contributed by atoms with Crippen molar-refractivity contribution in [3.8, 4) is 0 Å². The van der Waals surface area contributed by atoms with Crippen LogP contribution in [0, 0.1) is 0 Å². The van der Waals surface area contributed by atoms with Crippen LogP contribution < -0.4 is 11.0 Å². The summed E-state index contributed by atoms with van der Waals surface area (Å²) in [7, 11) is 1.82. The Labute approximate surface area is 112 Å². The van der Waals surface area contributed by atoms with Crippen molar-refractivity contribution in [3.63, 3.8) is 0 Å². The summed E-state index contributed by atoms with van der Waals surface area (Å²) in [5, 5.41) is 6.02. The molecule has 0 aliphatic rings. The summed E-state index contributed by atoms with van der Waals surface area (Å²) in [6, 6.07) is 3.69. The summed E-state index contributed by atoms with van der Waals surface area (Å²) in [4.78, 5) is 25.1. The normalized spacial score (nSPS) is 10.8. The zero-order valence-electron chi connectivity index (χ0n) is 10.2. The second-order valence-corrected chi connectivity index (χ2v) is 4.80. The Bertz CT molecular complexity index is 779. The Balaban J connectivity index is 2.06. The van der Waals surface area contributed by atoms with Crippen LogP contribution in [-0.2, 0) is 6.54 Å². The summed E-state index contributed by atoms with van der Waals surface area (Å²) in [5.74, 6) is 1.37. The lowest BCUT2D eigenvalue weighted by molar-refractivity contribution is 0.695. The molecule has 0 aliphatic heterocycles. The fourth-order valence-corrected chi connectivity index (χ4v) is 2.60. The second kappa shape index (κ2) is 4.77. The molecular formula is C12H11N5OS. The molecule has 7 heteroatoms. The van der Waals surface area contributed by atoms with Crippen molar-refractivity contribution in [1.29, 1.82) is 0 Å². The monoisotopic (exact) mass is 273 g/mol. The second-order valence-electron chi connectivity index (χ2n) is 3.91. The zero-order valence-corrected chi connectivity index (χ0v) is 11.0. The molecule has 0 unspecified atom stereocenters. The quantitative estimate of drug-likeness (QED) is 0.779. The van der Waals surface area contributed by atoms with E-state index in [1.165, 1.54) is 10.8 Å². The van der Waals surface area contributed by atoms with Crippen LogP contribution in [0.1, 0.15) is 5.82 Å². The van der Waals surface area contributed by atoms with Gasteiger partial charge in [0.05, 0.1) is 11.9 Å². The van der Waals surface area contributed by atoms with E-state index in [0.717, 1.165) is 16.0 Å². The van der Waals surface area contributed by atoms with Gasteiger partial charge in [-0.15, -0.1) is 11.3 Å². The first-order valence-electron chi connectivity index (χ1n) is 5.71. The molecule has 0 fully saturated rings. The number of aromatic nitrogens is 4. The van der Waals surface area contributed by atoms with Crippen molar-refractivity contribution >= 4 is 27.4 Å². The van der Waals surface area contributed by atoms with Crippen molar-refractivity contribution in [2.45, 2.75) is 6.54 Å². The van der Waals surface area contributed by atoms with Gasteiger partial charge in [0.25, 0.3) is 0 Å². The zero-order chi connectivity index (χ0) is 13.2. The topological polar surface area (TPSA) is 72.7 Å². The van der Waals surface area contributed by atoms with Crippen LogP contribution in [0.2, 0.25) is 0 Å². The molecule has 0 spiro atoms. The molecule has 3 aromatic rings. The molecule has 0 radical (unpaired) electrons. The highest BCUT2D eigenvalue weighted by molar-refractivity contribution is 7.16. The predicted octanol–water partition coefficient (Wildman–Crippen LogP) is 1.34. The molecule has 0 saturated heterocycles. The van der Waals surface area contributed by atoms with E-state index in [2.05, 4.69) is 20.3 Å². The third-order valence-electron chi connectivity index (χ3n) is 2.70. The molecule has 0 aliphatic carbocycles. The first-order chi connectivity index (χ1) is 9.28. The number of nitrogens with zero attached hydrogens (tertiary/aromatic N) is 4. The molecule has 0 saturated carbocycles. The molecule has 3 rings (SSSR count). The maximum Gasteiger partial charge on any atom is 0.347 e. The lowest BCUT2D eigenvalue weighted by Gasteiger charge is -2.06. The molecule has 0 amide bonds. The molecule has 19 heavy (non-hydrogen) atoms. The lowest BCUT2D eigenvalue weighted by atomic mass is 10.3. The van der Waals surface area contributed by atoms with E-state index in [1.807, 2.05) is 18.5 Å². The Kier molecular flexibility index (Phi) is 2.96. The highest BCUT2D eigenvalue weighted by atomic mass is 32.1. The number of rotatable bonds is 3. The van der Waals surface area contributed by atoms with Crippen LogP contribution in [0.25, 0.3) is 10.2 Å².